The zero-order valence-electron chi connectivity index (χ0n) is 20.3. The normalized spacial score (nSPS) is 30.6. The van der Waals surface area contributed by atoms with Crippen LogP contribution in [-0.4, -0.2) is 95.0 Å². The lowest BCUT2D eigenvalue weighted by Gasteiger charge is -2.27. The van der Waals surface area contributed by atoms with E-state index in [4.69, 9.17) is 40.8 Å². The molecular formula is C20H26N7O10PS. The summed E-state index contributed by atoms with van der Waals surface area (Å²) < 4.78 is 30.9. The molecule has 0 bridgehead atoms. The van der Waals surface area contributed by atoms with E-state index in [9.17, 15) is 24.7 Å². The number of aliphatic hydroxyl groups excluding tert-OH is 2. The molecule has 0 aromatic carbocycles. The largest absolute Gasteiger partial charge is 0.394 e. The summed E-state index contributed by atoms with van der Waals surface area (Å²) in [6, 6.07) is 1.12. The summed E-state index contributed by atoms with van der Waals surface area (Å²) in [6.45, 7) is -4.90. The van der Waals surface area contributed by atoms with Gasteiger partial charge >= 0.3 is 12.4 Å². The van der Waals surface area contributed by atoms with Gasteiger partial charge in [0.2, 0.25) is 0 Å². The van der Waals surface area contributed by atoms with Crippen LogP contribution in [0.5, 0.6) is 0 Å². The van der Waals surface area contributed by atoms with Crippen LogP contribution in [0.2, 0.25) is 0 Å². The molecule has 3 aromatic heterocycles. The Hall–Kier alpha value is -2.64. The topological polar surface area (TPSA) is 231 Å². The van der Waals surface area contributed by atoms with Gasteiger partial charge in [0, 0.05) is 25.8 Å². The Labute approximate surface area is 224 Å². The van der Waals surface area contributed by atoms with Crippen molar-refractivity contribution >= 4 is 35.5 Å². The van der Waals surface area contributed by atoms with Gasteiger partial charge in [-0.3, -0.25) is 23.4 Å². The number of nitrogens with two attached hydrogens (primary N) is 1. The average Bonchev–Trinajstić information content (AvgIpc) is 3.58. The van der Waals surface area contributed by atoms with Crippen molar-refractivity contribution in [1.82, 2.24) is 29.1 Å². The van der Waals surface area contributed by atoms with E-state index >= 15 is 0 Å². The Morgan fingerprint density at radius 1 is 1.23 bits per heavy atom. The van der Waals surface area contributed by atoms with Gasteiger partial charge in [-0.2, -0.15) is 0 Å². The van der Waals surface area contributed by atoms with Gasteiger partial charge in [-0.15, -0.1) is 0 Å². The lowest BCUT2D eigenvalue weighted by molar-refractivity contribution is -0.0625. The molecule has 0 aliphatic carbocycles. The lowest BCUT2D eigenvalue weighted by Crippen LogP contribution is -2.40. The SMILES string of the molecule is COC1C(OP(O)(=S)OC[C@H]2OC(n3cnc4c(N)ncnc43)CC2O)[C@@H](CO)O[C@H]1n1ccc(=O)[nH]c1=O. The van der Waals surface area contributed by atoms with Crippen molar-refractivity contribution in [2.24, 2.45) is 0 Å². The summed E-state index contributed by atoms with van der Waals surface area (Å²) in [5.74, 6) is 0.203. The third-order valence-corrected chi connectivity index (χ3v) is 7.98. The summed E-state index contributed by atoms with van der Waals surface area (Å²) in [7, 11) is 1.32. The second-order valence-corrected chi connectivity index (χ2v) is 11.6. The first kappa shape index (κ1) is 27.9. The minimum Gasteiger partial charge on any atom is -0.394 e. The van der Waals surface area contributed by atoms with Crippen LogP contribution < -0.4 is 17.0 Å². The molecule has 17 nitrogen and oxygen atoms in total. The number of aliphatic hydroxyl groups is 2. The fraction of sp³-hybridized carbons (Fsp3) is 0.550. The molecule has 0 saturated carbocycles. The van der Waals surface area contributed by atoms with Crippen LogP contribution in [0.15, 0.2) is 34.5 Å². The molecule has 5 rings (SSSR count). The van der Waals surface area contributed by atoms with Crippen molar-refractivity contribution in [2.75, 3.05) is 26.1 Å². The summed E-state index contributed by atoms with van der Waals surface area (Å²) in [6.07, 6.45) is -2.72. The third kappa shape index (κ3) is 5.53. The Balaban J connectivity index is 1.26. The van der Waals surface area contributed by atoms with Crippen LogP contribution in [0.3, 0.4) is 0 Å². The lowest BCUT2D eigenvalue weighted by atomic mass is 10.1. The zero-order valence-corrected chi connectivity index (χ0v) is 22.1. The van der Waals surface area contributed by atoms with Gasteiger partial charge in [-0.25, -0.2) is 19.7 Å². The monoisotopic (exact) mass is 587 g/mol. The summed E-state index contributed by atoms with van der Waals surface area (Å²) in [5, 5.41) is 20.4. The number of imidazole rings is 1. The van der Waals surface area contributed by atoms with E-state index in [1.54, 1.807) is 4.57 Å². The molecular weight excluding hydrogens is 561 g/mol. The maximum atomic E-state index is 12.3. The Morgan fingerprint density at radius 2 is 2.03 bits per heavy atom. The van der Waals surface area contributed by atoms with E-state index in [0.717, 1.165) is 10.6 Å². The van der Waals surface area contributed by atoms with Gasteiger partial charge in [0.1, 0.15) is 42.5 Å². The first-order chi connectivity index (χ1) is 18.6. The summed E-state index contributed by atoms with van der Waals surface area (Å²) >= 11 is 5.17. The zero-order chi connectivity index (χ0) is 27.9. The molecule has 2 aliphatic heterocycles. The molecule has 212 valence electrons. The minimum atomic E-state index is -4.02. The van der Waals surface area contributed by atoms with Crippen LogP contribution in [0.25, 0.3) is 11.2 Å². The maximum Gasteiger partial charge on any atom is 0.330 e. The Bertz CT molecular complexity index is 1500. The molecule has 39 heavy (non-hydrogen) atoms. The average molecular weight is 588 g/mol. The quantitative estimate of drug-likeness (QED) is 0.173. The van der Waals surface area contributed by atoms with Crippen LogP contribution in [0.4, 0.5) is 5.82 Å². The second-order valence-electron chi connectivity index (χ2n) is 8.81. The van der Waals surface area contributed by atoms with Crippen molar-refractivity contribution in [3.63, 3.8) is 0 Å². The fourth-order valence-electron chi connectivity index (χ4n) is 4.55. The molecule has 0 amide bonds. The van der Waals surface area contributed by atoms with Crippen LogP contribution in [-0.2, 0) is 35.1 Å². The number of nitrogen functional groups attached to an aromatic ring is 1. The van der Waals surface area contributed by atoms with Gasteiger partial charge in [0.15, 0.2) is 17.7 Å². The number of H-pyrrole nitrogens is 1. The number of hydrogen-bond acceptors (Lipinski definition) is 14. The molecule has 5 heterocycles. The molecule has 19 heteroatoms. The number of rotatable bonds is 9. The number of aromatic nitrogens is 6. The standard InChI is InChI=1S/C20H26N7O10PS/c1-33-16-15(10(5-28)36-19(16)26-3-2-12(30)25-20(26)31)37-38(32,39)34-6-11-9(29)4-13(35-11)27-8-24-14-17(21)22-7-23-18(14)27/h2-3,7-11,13,15-16,19,28-29H,4-6H2,1H3,(H,32,39)(H2,21,22,23)(H,25,30,31)/t9?,10-,11-,13?,15?,16?,19-,38?/m1/s1. The van der Waals surface area contributed by atoms with E-state index in [2.05, 4.69) is 19.9 Å². The van der Waals surface area contributed by atoms with Crippen molar-refractivity contribution in [3.05, 3.63) is 45.8 Å². The molecule has 5 unspecified atom stereocenters. The first-order valence-corrected chi connectivity index (χ1v) is 14.2. The van der Waals surface area contributed by atoms with Crippen LogP contribution in [0, 0.1) is 0 Å². The highest BCUT2D eigenvalue weighted by molar-refractivity contribution is 8.07. The van der Waals surface area contributed by atoms with Crippen molar-refractivity contribution in [2.45, 2.75) is 49.4 Å². The molecule has 2 saturated heterocycles. The predicted molar refractivity (Wildman–Crippen MR) is 135 cm³/mol. The number of nitrogens with zero attached hydrogens (tertiary/aromatic N) is 5. The summed E-state index contributed by atoms with van der Waals surface area (Å²) in [4.78, 5) is 48.9. The maximum absolute atomic E-state index is 12.3. The highest BCUT2D eigenvalue weighted by Crippen LogP contribution is 2.49. The summed E-state index contributed by atoms with van der Waals surface area (Å²) in [5.41, 5.74) is 5.27. The van der Waals surface area contributed by atoms with Gasteiger partial charge in [-0.1, -0.05) is 0 Å². The number of fused-ring (bicyclic) bond motifs is 1. The first-order valence-electron chi connectivity index (χ1n) is 11.6. The van der Waals surface area contributed by atoms with Gasteiger partial charge in [0.05, 0.1) is 25.6 Å². The number of hydrogen-bond donors (Lipinski definition) is 5. The highest BCUT2D eigenvalue weighted by atomic mass is 32.5. The molecule has 0 spiro atoms. The minimum absolute atomic E-state index is 0.170. The third-order valence-electron chi connectivity index (χ3n) is 6.42. The number of ether oxygens (including phenoxy) is 3. The smallest absolute Gasteiger partial charge is 0.330 e. The van der Waals surface area contributed by atoms with E-state index in [0.29, 0.717) is 11.2 Å². The van der Waals surface area contributed by atoms with Crippen molar-refractivity contribution < 1.29 is 38.4 Å². The predicted octanol–water partition coefficient (Wildman–Crippen LogP) is -1.87. The Kier molecular flexibility index (Phi) is 7.93. The number of nitrogens with one attached hydrogen (secondary N) is 1. The number of aromatic amines is 1. The molecule has 3 aromatic rings. The number of methoxy groups -OCH3 is 1. The molecule has 2 aliphatic rings. The molecule has 8 atom stereocenters. The van der Waals surface area contributed by atoms with Crippen LogP contribution >= 0.6 is 6.72 Å². The molecule has 2 fully saturated rings. The molecule has 0 radical (unpaired) electrons. The van der Waals surface area contributed by atoms with E-state index in [1.807, 2.05) is 0 Å². The van der Waals surface area contributed by atoms with Gasteiger partial charge in [0.25, 0.3) is 5.56 Å². The van der Waals surface area contributed by atoms with E-state index < -0.39 is 67.6 Å². The molecule has 6 N–H and O–H groups in total. The Morgan fingerprint density at radius 3 is 2.74 bits per heavy atom. The van der Waals surface area contributed by atoms with Gasteiger partial charge < -0.3 is 39.6 Å². The van der Waals surface area contributed by atoms with Crippen molar-refractivity contribution in [1.29, 1.82) is 0 Å². The highest BCUT2D eigenvalue weighted by Gasteiger charge is 2.49. The van der Waals surface area contributed by atoms with E-state index in [1.165, 1.54) is 26.0 Å². The second kappa shape index (κ2) is 11.1. The van der Waals surface area contributed by atoms with Gasteiger partial charge in [-0.05, 0) is 11.8 Å². The van der Waals surface area contributed by atoms with E-state index in [-0.39, 0.29) is 18.8 Å². The van der Waals surface area contributed by atoms with Crippen LogP contribution in [0.1, 0.15) is 18.9 Å². The number of anilines is 1. The fourth-order valence-corrected chi connectivity index (χ4v) is 5.99. The van der Waals surface area contributed by atoms with Crippen molar-refractivity contribution in [3.8, 4) is 0 Å².